The molecule has 0 saturated carbocycles. The molecule has 0 fully saturated rings. The van der Waals surface area contributed by atoms with Crippen molar-refractivity contribution in [3.63, 3.8) is 0 Å². The topological polar surface area (TPSA) is 22.1 Å². The van der Waals surface area contributed by atoms with Crippen molar-refractivity contribution in [3.05, 3.63) is 18.3 Å². The van der Waals surface area contributed by atoms with E-state index in [0.29, 0.717) is 3.69 Å². The van der Waals surface area contributed by atoms with Crippen LogP contribution in [0.2, 0.25) is 0 Å². The van der Waals surface area contributed by atoms with Gasteiger partial charge in [-0.15, -0.1) is 0 Å². The molecule has 0 saturated heterocycles. The molecule has 0 aliphatic heterocycles. The molecular weight excluding hydrogens is 200 g/mol. The van der Waals surface area contributed by atoms with Gasteiger partial charge in [0.15, 0.2) is 0 Å². The standard InChI is InChI=1S/C6H4F2NO.ClH.Mg/c7-6(8)10-5-3-1-2-4-9-5;;/h1-2,4,6H;1H;/q;;+1/p-1. The summed E-state index contributed by atoms with van der Waals surface area (Å²) in [4.78, 5) is 3.62. The first-order valence-corrected chi connectivity index (χ1v) is 3.62. The van der Waals surface area contributed by atoms with Gasteiger partial charge >= 0.3 is 74.7 Å². The zero-order chi connectivity index (χ0) is 8.27. The molecule has 0 N–H and O–H groups in total. The van der Waals surface area contributed by atoms with E-state index in [-0.39, 0.29) is 18.3 Å². The number of hydrogen-bond donors (Lipinski definition) is 0. The van der Waals surface area contributed by atoms with Crippen molar-refractivity contribution in [2.45, 2.75) is 6.61 Å². The quantitative estimate of drug-likeness (QED) is 0.496. The fourth-order valence-electron chi connectivity index (χ4n) is 0.615. The van der Waals surface area contributed by atoms with Crippen LogP contribution in [0.25, 0.3) is 0 Å². The fourth-order valence-corrected chi connectivity index (χ4v) is 0.925. The minimum Gasteiger partial charge on any atom is -1.00 e. The Balaban J connectivity index is 0.00000121. The third kappa shape index (κ3) is 3.51. The summed E-state index contributed by atoms with van der Waals surface area (Å²) in [6.07, 6.45) is 1.41. The minimum absolute atomic E-state index is 0. The van der Waals surface area contributed by atoms with Gasteiger partial charge in [-0.1, -0.05) is 0 Å². The van der Waals surface area contributed by atoms with E-state index in [1.54, 1.807) is 12.1 Å². The van der Waals surface area contributed by atoms with Crippen LogP contribution in [0.15, 0.2) is 18.3 Å². The Hall–Kier alpha value is -0.134. The number of aromatic nitrogens is 1. The molecule has 1 heterocycles. The van der Waals surface area contributed by atoms with Crippen LogP contribution < -0.4 is 20.8 Å². The molecule has 12 heavy (non-hydrogen) atoms. The number of nitrogens with zero attached hydrogens (tertiary/aromatic N) is 1. The maximum absolute atomic E-state index is 11.6. The molecule has 0 spiro atoms. The molecule has 0 amide bonds. The molecule has 1 aromatic rings. The fraction of sp³-hybridized carbons (Fsp3) is 0.167. The molecule has 0 radical (unpaired) electrons. The smallest absolute Gasteiger partial charge is 1.00 e. The van der Waals surface area contributed by atoms with Gasteiger partial charge < -0.3 is 12.4 Å². The molecule has 0 aliphatic rings. The number of halogens is 3. The number of pyridine rings is 1. The van der Waals surface area contributed by atoms with Gasteiger partial charge in [-0.25, -0.2) is 0 Å². The second-order valence-corrected chi connectivity index (χ2v) is 2.61. The zero-order valence-corrected chi connectivity index (χ0v) is 8.18. The van der Waals surface area contributed by atoms with Crippen molar-refractivity contribution in [3.8, 4) is 5.88 Å². The van der Waals surface area contributed by atoms with E-state index in [1.807, 2.05) is 0 Å². The summed E-state index contributed by atoms with van der Waals surface area (Å²) in [5, 5.41) is 0. The van der Waals surface area contributed by atoms with Gasteiger partial charge in [0.1, 0.15) is 0 Å². The first-order valence-electron chi connectivity index (χ1n) is 2.92. The van der Waals surface area contributed by atoms with Crippen molar-refractivity contribution in [2.24, 2.45) is 0 Å². The van der Waals surface area contributed by atoms with Crippen molar-refractivity contribution in [1.29, 1.82) is 0 Å². The van der Waals surface area contributed by atoms with Crippen molar-refractivity contribution in [2.75, 3.05) is 0 Å². The first-order chi connectivity index (χ1) is 5.20. The van der Waals surface area contributed by atoms with Gasteiger partial charge in [0.25, 0.3) is 0 Å². The van der Waals surface area contributed by atoms with Gasteiger partial charge in [0.2, 0.25) is 0 Å². The third-order valence-corrected chi connectivity index (χ3v) is 1.59. The maximum Gasteiger partial charge on any atom is -1.00 e. The Morgan fingerprint density at radius 1 is 1.50 bits per heavy atom. The van der Waals surface area contributed by atoms with E-state index >= 15 is 0 Å². The molecule has 0 unspecified atom stereocenters. The van der Waals surface area contributed by atoms with Gasteiger partial charge in [0.05, 0.1) is 0 Å². The summed E-state index contributed by atoms with van der Waals surface area (Å²) < 4.78 is 28.0. The number of hydrogen-bond acceptors (Lipinski definition) is 2. The summed E-state index contributed by atoms with van der Waals surface area (Å²) in [5.74, 6) is 0.000772. The van der Waals surface area contributed by atoms with Crippen LogP contribution in [0.3, 0.4) is 0 Å². The van der Waals surface area contributed by atoms with Crippen molar-refractivity contribution < 1.29 is 25.9 Å². The Morgan fingerprint density at radius 2 is 2.17 bits per heavy atom. The normalized spacial score (nSPS) is 9.42. The first kappa shape index (κ1) is 11.9. The minimum atomic E-state index is -2.80. The molecule has 62 valence electrons. The Labute approximate surface area is 87.2 Å². The Kier molecular flexibility index (Phi) is 5.44. The summed E-state index contributed by atoms with van der Waals surface area (Å²) >= 11 is 1.46. The van der Waals surface area contributed by atoms with E-state index < -0.39 is 6.61 Å². The van der Waals surface area contributed by atoms with Crippen LogP contribution in [0, 0.1) is 0 Å². The monoisotopic (exact) mass is 203 g/mol. The largest absolute Gasteiger partial charge is 1.00 e. The third-order valence-electron chi connectivity index (χ3n) is 1.05. The molecule has 0 atom stereocenters. The van der Waals surface area contributed by atoms with Gasteiger partial charge in [-0.2, -0.15) is 0 Å². The molecule has 0 bridgehead atoms. The van der Waals surface area contributed by atoms with Crippen LogP contribution in [0.1, 0.15) is 0 Å². The predicted molar refractivity (Wildman–Crippen MR) is 36.3 cm³/mol. The predicted octanol–water partition coefficient (Wildman–Crippen LogP) is -2.52. The van der Waals surface area contributed by atoms with E-state index in [4.69, 9.17) is 0 Å². The number of ether oxygens (including phenoxy) is 1. The second kappa shape index (κ2) is 5.50. The summed E-state index contributed by atoms with van der Waals surface area (Å²) in [6.45, 7) is -2.80. The van der Waals surface area contributed by atoms with Gasteiger partial charge in [0, 0.05) is 0 Å². The van der Waals surface area contributed by atoms with Crippen LogP contribution in [-0.4, -0.2) is 33.3 Å². The zero-order valence-electron chi connectivity index (χ0n) is 6.01. The molecule has 2 nitrogen and oxygen atoms in total. The Bertz CT molecular complexity index is 249. The average Bonchev–Trinajstić information content (AvgIpc) is 1.93. The summed E-state index contributed by atoms with van der Waals surface area (Å²) in [6, 6.07) is 3.34. The van der Waals surface area contributed by atoms with Crippen molar-refractivity contribution >= 4 is 25.4 Å². The van der Waals surface area contributed by atoms with E-state index in [9.17, 15) is 8.78 Å². The Morgan fingerprint density at radius 3 is 2.67 bits per heavy atom. The SMILES string of the molecule is FC(F)Oc1nccc[c]1[Mg+].[Cl-]. The van der Waals surface area contributed by atoms with Crippen molar-refractivity contribution in [1.82, 2.24) is 4.98 Å². The number of alkyl halides is 2. The van der Waals surface area contributed by atoms with E-state index in [2.05, 4.69) is 9.72 Å². The average molecular weight is 204 g/mol. The molecular formula is C6H4ClF2MgNO. The van der Waals surface area contributed by atoms with Crippen LogP contribution >= 0.6 is 0 Å². The molecule has 0 aromatic carbocycles. The van der Waals surface area contributed by atoms with E-state index in [0.717, 1.165) is 0 Å². The summed E-state index contributed by atoms with van der Waals surface area (Å²) in [5.41, 5.74) is 0. The van der Waals surface area contributed by atoms with Crippen LogP contribution in [0.5, 0.6) is 5.88 Å². The molecule has 1 rings (SSSR count). The second-order valence-electron chi connectivity index (χ2n) is 1.85. The summed E-state index contributed by atoms with van der Waals surface area (Å²) in [7, 11) is 0. The van der Waals surface area contributed by atoms with E-state index in [1.165, 1.54) is 27.9 Å². The molecule has 1 aromatic heterocycles. The maximum atomic E-state index is 11.6. The van der Waals surface area contributed by atoms with Crippen LogP contribution in [-0.2, 0) is 0 Å². The van der Waals surface area contributed by atoms with Crippen LogP contribution in [0.4, 0.5) is 8.78 Å². The molecule has 6 heteroatoms. The van der Waals surface area contributed by atoms with Gasteiger partial charge in [-0.05, 0) is 0 Å². The number of rotatable bonds is 2. The van der Waals surface area contributed by atoms with Gasteiger partial charge in [-0.3, -0.25) is 0 Å². The molecule has 0 aliphatic carbocycles.